The zero-order valence-corrected chi connectivity index (χ0v) is 11.4. The predicted octanol–water partition coefficient (Wildman–Crippen LogP) is 2.97. The first-order valence-corrected chi connectivity index (χ1v) is 6.46. The number of benzene rings is 1. The van der Waals surface area contributed by atoms with E-state index in [1.165, 1.54) is 0 Å². The molecular formula is C14H16ClNO2. The van der Waals surface area contributed by atoms with Crippen molar-refractivity contribution in [2.45, 2.75) is 32.6 Å². The highest BCUT2D eigenvalue weighted by molar-refractivity contribution is 6.17. The van der Waals surface area contributed by atoms with E-state index in [1.54, 1.807) is 6.92 Å². The smallest absolute Gasteiger partial charge is 0.310 e. The minimum Gasteiger partial charge on any atom is -0.466 e. The summed E-state index contributed by atoms with van der Waals surface area (Å²) in [5.74, 6) is -0.0401. The van der Waals surface area contributed by atoms with Crippen LogP contribution in [0.2, 0.25) is 0 Å². The van der Waals surface area contributed by atoms with Crippen molar-refractivity contribution in [2.24, 2.45) is 0 Å². The van der Waals surface area contributed by atoms with Crippen LogP contribution in [0.3, 0.4) is 0 Å². The van der Waals surface area contributed by atoms with Crippen LogP contribution in [0, 0.1) is 11.3 Å². The molecule has 0 aliphatic rings. The summed E-state index contributed by atoms with van der Waals surface area (Å²) in [7, 11) is 0. The number of ether oxygens (including phenoxy) is 1. The quantitative estimate of drug-likeness (QED) is 0.607. The standard InChI is InChI=1S/C14H16ClNO2/c1-3-10-5-6-11(7-14(17)18-4-2)13(9-16)12(10)8-15/h5-6H,3-4,7-8H2,1-2H3. The summed E-state index contributed by atoms with van der Waals surface area (Å²) < 4.78 is 4.89. The van der Waals surface area contributed by atoms with E-state index in [9.17, 15) is 10.1 Å². The normalized spacial score (nSPS) is 9.89. The van der Waals surface area contributed by atoms with Crippen molar-refractivity contribution in [1.29, 1.82) is 5.26 Å². The number of carbonyl (C=O) groups excluding carboxylic acids is 1. The third kappa shape index (κ3) is 3.24. The molecule has 0 aliphatic heterocycles. The van der Waals surface area contributed by atoms with E-state index in [4.69, 9.17) is 16.3 Å². The Balaban J connectivity index is 3.14. The Hall–Kier alpha value is -1.53. The number of nitrogens with zero attached hydrogens (tertiary/aromatic N) is 1. The lowest BCUT2D eigenvalue weighted by atomic mass is 9.95. The van der Waals surface area contributed by atoms with Gasteiger partial charge in [-0.25, -0.2) is 0 Å². The van der Waals surface area contributed by atoms with Gasteiger partial charge in [0.05, 0.1) is 24.7 Å². The second-order valence-corrected chi connectivity index (χ2v) is 4.09. The lowest BCUT2D eigenvalue weighted by Crippen LogP contribution is -2.10. The molecule has 0 aliphatic carbocycles. The van der Waals surface area contributed by atoms with Crippen LogP contribution in [0.4, 0.5) is 0 Å². The Labute approximate surface area is 112 Å². The minimum absolute atomic E-state index is 0.116. The number of nitriles is 1. The molecule has 0 bridgehead atoms. The number of hydrogen-bond donors (Lipinski definition) is 0. The third-order valence-electron chi connectivity index (χ3n) is 2.76. The van der Waals surface area contributed by atoms with Crippen LogP contribution in [0.5, 0.6) is 0 Å². The van der Waals surface area contributed by atoms with Crippen LogP contribution >= 0.6 is 11.6 Å². The van der Waals surface area contributed by atoms with E-state index in [2.05, 4.69) is 6.07 Å². The average Bonchev–Trinajstić information content (AvgIpc) is 2.38. The maximum Gasteiger partial charge on any atom is 0.310 e. The molecule has 0 atom stereocenters. The summed E-state index contributed by atoms with van der Waals surface area (Å²) >= 11 is 5.90. The average molecular weight is 266 g/mol. The Bertz CT molecular complexity index is 477. The van der Waals surface area contributed by atoms with Gasteiger partial charge < -0.3 is 4.74 Å². The fourth-order valence-corrected chi connectivity index (χ4v) is 2.18. The van der Waals surface area contributed by atoms with E-state index in [-0.39, 0.29) is 18.3 Å². The summed E-state index contributed by atoms with van der Waals surface area (Å²) in [6.07, 6.45) is 0.932. The van der Waals surface area contributed by atoms with Gasteiger partial charge in [-0.2, -0.15) is 5.26 Å². The van der Waals surface area contributed by atoms with E-state index in [0.29, 0.717) is 17.7 Å². The van der Waals surface area contributed by atoms with E-state index >= 15 is 0 Å². The number of halogens is 1. The molecule has 0 heterocycles. The number of esters is 1. The van der Waals surface area contributed by atoms with Gasteiger partial charge in [0.1, 0.15) is 0 Å². The summed E-state index contributed by atoms with van der Waals surface area (Å²) in [6, 6.07) is 5.88. The van der Waals surface area contributed by atoms with Crippen LogP contribution in [-0.4, -0.2) is 12.6 Å². The fourth-order valence-electron chi connectivity index (χ4n) is 1.88. The van der Waals surface area contributed by atoms with E-state index in [0.717, 1.165) is 17.5 Å². The van der Waals surface area contributed by atoms with Crippen LogP contribution in [0.25, 0.3) is 0 Å². The first kappa shape index (κ1) is 14.5. The van der Waals surface area contributed by atoms with Crippen LogP contribution in [0.1, 0.15) is 36.1 Å². The maximum absolute atomic E-state index is 11.5. The number of aryl methyl sites for hydroxylation is 1. The van der Waals surface area contributed by atoms with Gasteiger partial charge in [-0.1, -0.05) is 19.1 Å². The van der Waals surface area contributed by atoms with Gasteiger partial charge in [-0.3, -0.25) is 4.79 Å². The zero-order valence-electron chi connectivity index (χ0n) is 10.6. The molecule has 4 heteroatoms. The molecule has 0 N–H and O–H groups in total. The molecule has 0 amide bonds. The summed E-state index contributed by atoms with van der Waals surface area (Å²) in [6.45, 7) is 4.11. The van der Waals surface area contributed by atoms with Crippen LogP contribution in [0.15, 0.2) is 12.1 Å². The lowest BCUT2D eigenvalue weighted by molar-refractivity contribution is -0.142. The van der Waals surface area contributed by atoms with Gasteiger partial charge in [-0.15, -0.1) is 11.6 Å². The largest absolute Gasteiger partial charge is 0.466 e. The van der Waals surface area contributed by atoms with Crippen molar-refractivity contribution in [2.75, 3.05) is 6.61 Å². The molecular weight excluding hydrogens is 250 g/mol. The molecule has 0 radical (unpaired) electrons. The van der Waals surface area contributed by atoms with Crippen molar-refractivity contribution >= 4 is 17.6 Å². The molecule has 18 heavy (non-hydrogen) atoms. The first-order chi connectivity index (χ1) is 8.67. The second kappa shape index (κ2) is 7.03. The Kier molecular flexibility index (Phi) is 5.67. The number of rotatable bonds is 5. The molecule has 1 rings (SSSR count). The monoisotopic (exact) mass is 265 g/mol. The maximum atomic E-state index is 11.5. The van der Waals surface area contributed by atoms with Crippen molar-refractivity contribution in [1.82, 2.24) is 0 Å². The fraction of sp³-hybridized carbons (Fsp3) is 0.429. The van der Waals surface area contributed by atoms with Gasteiger partial charge in [0.2, 0.25) is 0 Å². The summed E-state index contributed by atoms with van der Waals surface area (Å²) in [4.78, 5) is 11.5. The SMILES string of the molecule is CCOC(=O)Cc1ccc(CC)c(CCl)c1C#N. The zero-order chi connectivity index (χ0) is 13.5. The number of hydrogen-bond acceptors (Lipinski definition) is 3. The molecule has 1 aromatic carbocycles. The summed E-state index contributed by atoms with van der Waals surface area (Å²) in [5.41, 5.74) is 3.07. The topological polar surface area (TPSA) is 50.1 Å². The minimum atomic E-state index is -0.321. The molecule has 1 aromatic rings. The van der Waals surface area contributed by atoms with Crippen molar-refractivity contribution in [3.05, 3.63) is 34.4 Å². The van der Waals surface area contributed by atoms with Crippen LogP contribution < -0.4 is 0 Å². The van der Waals surface area contributed by atoms with Gasteiger partial charge >= 0.3 is 5.97 Å². The molecule has 0 aromatic heterocycles. The van der Waals surface area contributed by atoms with Crippen molar-refractivity contribution in [3.63, 3.8) is 0 Å². The Morgan fingerprint density at radius 1 is 1.39 bits per heavy atom. The first-order valence-electron chi connectivity index (χ1n) is 5.93. The second-order valence-electron chi connectivity index (χ2n) is 3.82. The highest BCUT2D eigenvalue weighted by atomic mass is 35.5. The molecule has 0 fully saturated rings. The number of alkyl halides is 1. The van der Waals surface area contributed by atoms with Crippen LogP contribution in [-0.2, 0) is 28.3 Å². The highest BCUT2D eigenvalue weighted by Gasteiger charge is 2.14. The predicted molar refractivity (Wildman–Crippen MR) is 70.4 cm³/mol. The Morgan fingerprint density at radius 2 is 2.06 bits per heavy atom. The lowest BCUT2D eigenvalue weighted by Gasteiger charge is -2.11. The molecule has 0 saturated heterocycles. The van der Waals surface area contributed by atoms with E-state index < -0.39 is 0 Å². The number of carbonyl (C=O) groups is 1. The summed E-state index contributed by atoms with van der Waals surface area (Å²) in [5, 5.41) is 9.23. The Morgan fingerprint density at radius 3 is 2.56 bits per heavy atom. The van der Waals surface area contributed by atoms with Crippen molar-refractivity contribution < 1.29 is 9.53 Å². The van der Waals surface area contributed by atoms with Gasteiger partial charge in [0.15, 0.2) is 0 Å². The molecule has 96 valence electrons. The van der Waals surface area contributed by atoms with Gasteiger partial charge in [0.25, 0.3) is 0 Å². The molecule has 0 saturated carbocycles. The van der Waals surface area contributed by atoms with E-state index in [1.807, 2.05) is 19.1 Å². The third-order valence-corrected chi connectivity index (χ3v) is 3.03. The van der Waals surface area contributed by atoms with Crippen molar-refractivity contribution in [3.8, 4) is 6.07 Å². The molecule has 0 unspecified atom stereocenters. The molecule has 0 spiro atoms. The highest BCUT2D eigenvalue weighted by Crippen LogP contribution is 2.22. The van der Waals surface area contributed by atoms with Gasteiger partial charge in [0, 0.05) is 5.88 Å². The van der Waals surface area contributed by atoms with Gasteiger partial charge in [-0.05, 0) is 30.0 Å². The molecule has 3 nitrogen and oxygen atoms in total.